The predicted octanol–water partition coefficient (Wildman–Crippen LogP) is 2.90. The van der Waals surface area contributed by atoms with Crippen LogP contribution in [0.1, 0.15) is 18.9 Å². The van der Waals surface area contributed by atoms with Crippen LogP contribution in [0.5, 0.6) is 0 Å². The lowest BCUT2D eigenvalue weighted by molar-refractivity contribution is -0.137. The van der Waals surface area contributed by atoms with E-state index in [0.717, 1.165) is 12.1 Å². The van der Waals surface area contributed by atoms with Crippen molar-refractivity contribution in [3.8, 4) is 0 Å². The third-order valence-corrected chi connectivity index (χ3v) is 3.94. The molecule has 1 aliphatic heterocycles. The molecular weight excluding hydrogens is 267 g/mol. The first kappa shape index (κ1) is 13.4. The van der Waals surface area contributed by atoms with Gasteiger partial charge in [-0.05, 0) is 30.7 Å². The van der Waals surface area contributed by atoms with E-state index in [1.54, 1.807) is 0 Å². The lowest BCUT2D eigenvalue weighted by atomic mass is 10.1. The third kappa shape index (κ3) is 2.51. The van der Waals surface area contributed by atoms with Crippen molar-refractivity contribution in [1.29, 1.82) is 0 Å². The number of rotatable bonds is 2. The van der Waals surface area contributed by atoms with Gasteiger partial charge in [-0.1, -0.05) is 6.92 Å². The van der Waals surface area contributed by atoms with Crippen molar-refractivity contribution >= 4 is 17.0 Å². The summed E-state index contributed by atoms with van der Waals surface area (Å²) in [7, 11) is 0. The minimum atomic E-state index is -4.36. The lowest BCUT2D eigenvalue weighted by Crippen LogP contribution is -2.30. The second-order valence-corrected chi connectivity index (χ2v) is 5.00. The third-order valence-electron chi connectivity index (χ3n) is 2.77. The summed E-state index contributed by atoms with van der Waals surface area (Å²) in [4.78, 5) is 0. The maximum atomic E-state index is 12.4. The fraction of sp³-hybridized carbons (Fsp3) is 0.455. The monoisotopic (exact) mass is 279 g/mol. The minimum absolute atomic E-state index is 0.0671. The van der Waals surface area contributed by atoms with Crippen molar-refractivity contribution < 1.29 is 21.6 Å². The Morgan fingerprint density at radius 1 is 1.39 bits per heavy atom. The average molecular weight is 279 g/mol. The van der Waals surface area contributed by atoms with E-state index in [2.05, 4.69) is 0 Å². The van der Waals surface area contributed by atoms with Crippen LogP contribution in [0.25, 0.3) is 0 Å². The number of hydrogen-bond acceptors (Lipinski definition) is 2. The van der Waals surface area contributed by atoms with Gasteiger partial charge in [0.25, 0.3) is 11.3 Å². The molecule has 0 spiro atoms. The van der Waals surface area contributed by atoms with Gasteiger partial charge in [-0.3, -0.25) is 8.49 Å². The fourth-order valence-electron chi connectivity index (χ4n) is 1.76. The van der Waals surface area contributed by atoms with Gasteiger partial charge in [0, 0.05) is 0 Å². The van der Waals surface area contributed by atoms with Crippen LogP contribution in [0.15, 0.2) is 24.3 Å². The van der Waals surface area contributed by atoms with Crippen LogP contribution in [0, 0.1) is 0 Å². The summed E-state index contributed by atoms with van der Waals surface area (Å²) in [5.41, 5.74) is -0.240. The highest BCUT2D eigenvalue weighted by Crippen LogP contribution is 2.32. The summed E-state index contributed by atoms with van der Waals surface area (Å²) < 4.78 is 55.4. The van der Waals surface area contributed by atoms with E-state index in [1.165, 1.54) is 16.4 Å². The highest BCUT2D eigenvalue weighted by molar-refractivity contribution is 7.82. The Bertz CT molecular complexity index is 447. The van der Waals surface area contributed by atoms with Crippen LogP contribution in [0.4, 0.5) is 18.9 Å². The van der Waals surface area contributed by atoms with Crippen LogP contribution in [0.2, 0.25) is 0 Å². The molecule has 0 radical (unpaired) electrons. The Kier molecular flexibility index (Phi) is 3.63. The molecule has 100 valence electrons. The smallest absolute Gasteiger partial charge is 0.272 e. The molecule has 0 aliphatic carbocycles. The Balaban J connectivity index is 2.26. The second kappa shape index (κ2) is 4.89. The molecule has 18 heavy (non-hydrogen) atoms. The second-order valence-electron chi connectivity index (χ2n) is 3.93. The quantitative estimate of drug-likeness (QED) is 0.833. The SMILES string of the molecule is CCC1COS(=O)N1c1ccc(C(F)(F)F)cc1. The van der Waals surface area contributed by atoms with Crippen LogP contribution < -0.4 is 4.31 Å². The molecule has 1 saturated heterocycles. The molecule has 1 aromatic carbocycles. The van der Waals surface area contributed by atoms with Gasteiger partial charge in [-0.15, -0.1) is 0 Å². The minimum Gasteiger partial charge on any atom is -0.272 e. The molecule has 1 heterocycles. The first-order valence-electron chi connectivity index (χ1n) is 5.45. The average Bonchev–Trinajstić information content (AvgIpc) is 2.69. The highest BCUT2D eigenvalue weighted by atomic mass is 32.2. The van der Waals surface area contributed by atoms with Crippen molar-refractivity contribution in [2.24, 2.45) is 0 Å². The standard InChI is InChI=1S/C11H12F3NO2S/c1-2-9-7-17-18(16)15(9)10-5-3-8(4-6-10)11(12,13)14/h3-6,9H,2,7H2,1H3. The first-order valence-corrected chi connectivity index (χ1v) is 6.48. The molecule has 1 fully saturated rings. The molecule has 1 aliphatic rings. The molecule has 1 aromatic rings. The van der Waals surface area contributed by atoms with Crippen LogP contribution in [-0.4, -0.2) is 16.9 Å². The molecule has 0 amide bonds. The van der Waals surface area contributed by atoms with Gasteiger partial charge in [0.2, 0.25) is 0 Å². The lowest BCUT2D eigenvalue weighted by Gasteiger charge is -2.21. The van der Waals surface area contributed by atoms with E-state index >= 15 is 0 Å². The molecule has 2 atom stereocenters. The van der Waals surface area contributed by atoms with Crippen molar-refractivity contribution in [2.75, 3.05) is 10.9 Å². The van der Waals surface area contributed by atoms with E-state index in [4.69, 9.17) is 4.18 Å². The summed E-state index contributed by atoms with van der Waals surface area (Å²) in [6, 6.07) is 4.54. The van der Waals surface area contributed by atoms with Crippen molar-refractivity contribution in [3.05, 3.63) is 29.8 Å². The summed E-state index contributed by atoms with van der Waals surface area (Å²) in [5.74, 6) is 0. The molecule has 7 heteroatoms. The molecule has 2 rings (SSSR count). The van der Waals surface area contributed by atoms with Crippen molar-refractivity contribution in [3.63, 3.8) is 0 Å². The summed E-state index contributed by atoms with van der Waals surface area (Å²) in [6.07, 6.45) is -3.64. The number of alkyl halides is 3. The van der Waals surface area contributed by atoms with E-state index < -0.39 is 23.0 Å². The first-order chi connectivity index (χ1) is 8.43. The summed E-state index contributed by atoms with van der Waals surface area (Å²) in [6.45, 7) is 2.23. The molecule has 3 nitrogen and oxygen atoms in total. The Morgan fingerprint density at radius 3 is 2.50 bits per heavy atom. The zero-order valence-electron chi connectivity index (χ0n) is 9.61. The summed E-state index contributed by atoms with van der Waals surface area (Å²) >= 11 is -1.62. The highest BCUT2D eigenvalue weighted by Gasteiger charge is 2.33. The van der Waals surface area contributed by atoms with Crippen LogP contribution >= 0.6 is 0 Å². The van der Waals surface area contributed by atoms with Crippen LogP contribution in [0.3, 0.4) is 0 Å². The van der Waals surface area contributed by atoms with Gasteiger partial charge in [-0.25, -0.2) is 4.21 Å². The number of anilines is 1. The Labute approximate surface area is 105 Å². The number of halogens is 3. The van der Waals surface area contributed by atoms with Crippen molar-refractivity contribution in [1.82, 2.24) is 0 Å². The number of hydrogen-bond donors (Lipinski definition) is 0. The molecule has 0 bridgehead atoms. The zero-order chi connectivity index (χ0) is 13.3. The molecule has 0 saturated carbocycles. The topological polar surface area (TPSA) is 29.5 Å². The van der Waals surface area contributed by atoms with Crippen molar-refractivity contribution in [2.45, 2.75) is 25.6 Å². The predicted molar refractivity (Wildman–Crippen MR) is 62.1 cm³/mol. The van der Waals surface area contributed by atoms with Gasteiger partial charge in [-0.2, -0.15) is 13.2 Å². The summed E-state index contributed by atoms with van der Waals surface area (Å²) in [5, 5.41) is 0. The van der Waals surface area contributed by atoms with E-state index in [9.17, 15) is 17.4 Å². The zero-order valence-corrected chi connectivity index (χ0v) is 10.4. The molecular formula is C11H12F3NO2S. The van der Waals surface area contributed by atoms with Gasteiger partial charge in [0.1, 0.15) is 0 Å². The molecule has 0 aromatic heterocycles. The van der Waals surface area contributed by atoms with E-state index in [-0.39, 0.29) is 6.04 Å². The Morgan fingerprint density at radius 2 is 2.00 bits per heavy atom. The van der Waals surface area contributed by atoms with Gasteiger partial charge in [0.05, 0.1) is 23.9 Å². The van der Waals surface area contributed by atoms with Gasteiger partial charge < -0.3 is 0 Å². The van der Waals surface area contributed by atoms with Crippen LogP contribution in [-0.2, 0) is 21.6 Å². The largest absolute Gasteiger partial charge is 0.416 e. The fourth-order valence-corrected chi connectivity index (χ4v) is 2.90. The van der Waals surface area contributed by atoms with E-state index in [1.807, 2.05) is 6.92 Å². The maximum Gasteiger partial charge on any atom is 0.416 e. The number of benzene rings is 1. The van der Waals surface area contributed by atoms with E-state index in [0.29, 0.717) is 18.7 Å². The molecule has 2 unspecified atom stereocenters. The van der Waals surface area contributed by atoms with Gasteiger partial charge in [0.15, 0.2) is 0 Å². The normalized spacial score (nSPS) is 24.6. The maximum absolute atomic E-state index is 12.4. The Hall–Kier alpha value is -1.08. The number of nitrogens with zero attached hydrogens (tertiary/aromatic N) is 1. The molecule has 0 N–H and O–H groups in total. The van der Waals surface area contributed by atoms with Gasteiger partial charge >= 0.3 is 6.18 Å².